The van der Waals surface area contributed by atoms with E-state index in [1.165, 1.54) is 12.8 Å². The number of hydrogen-bond acceptors (Lipinski definition) is 5. The molecule has 0 aliphatic heterocycles. The van der Waals surface area contributed by atoms with Crippen molar-refractivity contribution in [2.75, 3.05) is 11.9 Å². The molecule has 5 rings (SSSR count). The number of nitrogens with one attached hydrogen (secondary N) is 2. The Morgan fingerprint density at radius 3 is 2.75 bits per heavy atom. The fraction of sp³-hybridized carbons (Fsp3) is 0.333. The molecule has 0 amide bonds. The average molecular weight is 371 g/mol. The maximum absolute atomic E-state index is 8.89. The Labute approximate surface area is 162 Å². The SMILES string of the molecule is N#Cc1ccc(NCC2CCC(c3nnn4cnc5[nH]ccc5c34)CC2)cc1. The van der Waals surface area contributed by atoms with Crippen LogP contribution >= 0.6 is 0 Å². The molecule has 0 atom stereocenters. The van der Waals surface area contributed by atoms with E-state index in [0.29, 0.717) is 17.4 Å². The van der Waals surface area contributed by atoms with Crippen LogP contribution in [0.1, 0.15) is 42.9 Å². The van der Waals surface area contributed by atoms with Gasteiger partial charge in [0.25, 0.3) is 0 Å². The Balaban J connectivity index is 1.25. The molecule has 7 heteroatoms. The summed E-state index contributed by atoms with van der Waals surface area (Å²) >= 11 is 0. The van der Waals surface area contributed by atoms with Gasteiger partial charge in [-0.15, -0.1) is 5.10 Å². The van der Waals surface area contributed by atoms with Gasteiger partial charge in [-0.05, 0) is 61.9 Å². The van der Waals surface area contributed by atoms with Gasteiger partial charge in [0.2, 0.25) is 0 Å². The summed E-state index contributed by atoms with van der Waals surface area (Å²) in [5.41, 5.74) is 4.85. The molecule has 3 aromatic heterocycles. The topological polar surface area (TPSA) is 94.7 Å². The van der Waals surface area contributed by atoms with Crippen LogP contribution in [0.2, 0.25) is 0 Å². The summed E-state index contributed by atoms with van der Waals surface area (Å²) in [7, 11) is 0. The van der Waals surface area contributed by atoms with Gasteiger partial charge in [-0.25, -0.2) is 9.50 Å². The molecule has 0 radical (unpaired) electrons. The van der Waals surface area contributed by atoms with Crippen LogP contribution in [-0.4, -0.2) is 31.3 Å². The van der Waals surface area contributed by atoms with E-state index < -0.39 is 0 Å². The molecular formula is C21H21N7. The highest BCUT2D eigenvalue weighted by Gasteiger charge is 2.26. The van der Waals surface area contributed by atoms with Gasteiger partial charge in [0.05, 0.1) is 17.3 Å². The molecule has 1 aromatic carbocycles. The smallest absolute Gasteiger partial charge is 0.141 e. The Morgan fingerprint density at radius 1 is 1.14 bits per heavy atom. The third-order valence-corrected chi connectivity index (χ3v) is 5.84. The van der Waals surface area contributed by atoms with Crippen molar-refractivity contribution in [2.24, 2.45) is 5.92 Å². The van der Waals surface area contributed by atoms with Crippen LogP contribution < -0.4 is 5.32 Å². The lowest BCUT2D eigenvalue weighted by Gasteiger charge is -2.28. The lowest BCUT2D eigenvalue weighted by Crippen LogP contribution is -2.20. The maximum atomic E-state index is 8.89. The third-order valence-electron chi connectivity index (χ3n) is 5.84. The Morgan fingerprint density at radius 2 is 1.96 bits per heavy atom. The van der Waals surface area contributed by atoms with Gasteiger partial charge in [0.15, 0.2) is 0 Å². The Kier molecular flexibility index (Phi) is 4.17. The quantitative estimate of drug-likeness (QED) is 0.568. The number of anilines is 1. The van der Waals surface area contributed by atoms with Crippen molar-refractivity contribution in [3.8, 4) is 6.07 Å². The van der Waals surface area contributed by atoms with Crippen LogP contribution in [0.4, 0.5) is 5.69 Å². The summed E-state index contributed by atoms with van der Waals surface area (Å²) in [6.45, 7) is 0.965. The molecule has 1 fully saturated rings. The van der Waals surface area contributed by atoms with Gasteiger partial charge >= 0.3 is 0 Å². The van der Waals surface area contributed by atoms with Crippen LogP contribution in [0.5, 0.6) is 0 Å². The summed E-state index contributed by atoms with van der Waals surface area (Å²) in [6.07, 6.45) is 8.26. The standard InChI is InChI=1S/C21H21N7/c22-11-14-3-7-17(8-4-14)24-12-15-1-5-16(6-2-15)19-20-18-9-10-23-21(18)25-13-28(20)27-26-19/h3-4,7-10,13,15-16,23-24H,1-2,5-6,12H2. The summed E-state index contributed by atoms with van der Waals surface area (Å²) in [5, 5.41) is 22.3. The summed E-state index contributed by atoms with van der Waals surface area (Å²) < 4.78 is 1.80. The summed E-state index contributed by atoms with van der Waals surface area (Å²) in [6, 6.07) is 11.9. The first-order valence-corrected chi connectivity index (χ1v) is 9.73. The van der Waals surface area contributed by atoms with E-state index in [2.05, 4.69) is 37.7 Å². The number of rotatable bonds is 4. The van der Waals surface area contributed by atoms with E-state index in [-0.39, 0.29) is 0 Å². The lowest BCUT2D eigenvalue weighted by atomic mass is 9.80. The van der Waals surface area contributed by atoms with Crippen molar-refractivity contribution < 1.29 is 0 Å². The van der Waals surface area contributed by atoms with Crippen molar-refractivity contribution in [1.82, 2.24) is 24.8 Å². The molecule has 0 unspecified atom stereocenters. The van der Waals surface area contributed by atoms with Gasteiger partial charge in [-0.3, -0.25) is 0 Å². The number of fused-ring (bicyclic) bond motifs is 3. The van der Waals surface area contributed by atoms with Crippen LogP contribution in [0, 0.1) is 17.2 Å². The van der Waals surface area contributed by atoms with Gasteiger partial charge in [-0.1, -0.05) is 5.21 Å². The van der Waals surface area contributed by atoms with Crippen LogP contribution in [0.25, 0.3) is 16.6 Å². The van der Waals surface area contributed by atoms with Crippen molar-refractivity contribution in [2.45, 2.75) is 31.6 Å². The minimum Gasteiger partial charge on any atom is -0.385 e. The predicted octanol–water partition coefficient (Wildman–Crippen LogP) is 3.86. The molecule has 28 heavy (non-hydrogen) atoms. The molecule has 1 saturated carbocycles. The minimum atomic E-state index is 0.448. The first kappa shape index (κ1) is 16.8. The summed E-state index contributed by atoms with van der Waals surface area (Å²) in [5.74, 6) is 1.10. The van der Waals surface area contributed by atoms with Crippen LogP contribution in [-0.2, 0) is 0 Å². The van der Waals surface area contributed by atoms with E-state index in [1.807, 2.05) is 30.5 Å². The van der Waals surface area contributed by atoms with Crippen LogP contribution in [0.15, 0.2) is 42.9 Å². The van der Waals surface area contributed by atoms with Crippen molar-refractivity contribution >= 4 is 22.2 Å². The van der Waals surface area contributed by atoms with E-state index in [0.717, 1.165) is 47.3 Å². The number of nitriles is 1. The van der Waals surface area contributed by atoms with Gasteiger partial charge in [0.1, 0.15) is 17.5 Å². The second kappa shape index (κ2) is 6.97. The predicted molar refractivity (Wildman–Crippen MR) is 107 cm³/mol. The maximum Gasteiger partial charge on any atom is 0.141 e. The Bertz CT molecular complexity index is 1140. The van der Waals surface area contributed by atoms with Crippen molar-refractivity contribution in [3.63, 3.8) is 0 Å². The minimum absolute atomic E-state index is 0.448. The highest BCUT2D eigenvalue weighted by molar-refractivity contribution is 5.92. The third kappa shape index (κ3) is 2.97. The fourth-order valence-electron chi connectivity index (χ4n) is 4.26. The van der Waals surface area contributed by atoms with Gasteiger partial charge < -0.3 is 10.3 Å². The first-order valence-electron chi connectivity index (χ1n) is 9.73. The zero-order valence-electron chi connectivity index (χ0n) is 15.5. The zero-order chi connectivity index (χ0) is 18.9. The first-order chi connectivity index (χ1) is 13.8. The normalized spacial score (nSPS) is 19.7. The van der Waals surface area contributed by atoms with Crippen LogP contribution in [0.3, 0.4) is 0 Å². The molecule has 0 spiro atoms. The zero-order valence-corrected chi connectivity index (χ0v) is 15.5. The molecule has 0 saturated heterocycles. The molecular weight excluding hydrogens is 350 g/mol. The second-order valence-electron chi connectivity index (χ2n) is 7.54. The fourth-order valence-corrected chi connectivity index (χ4v) is 4.26. The highest BCUT2D eigenvalue weighted by Crippen LogP contribution is 2.37. The van der Waals surface area contributed by atoms with E-state index >= 15 is 0 Å². The molecule has 4 aromatic rings. The van der Waals surface area contributed by atoms with Crippen molar-refractivity contribution in [1.29, 1.82) is 5.26 Å². The van der Waals surface area contributed by atoms with E-state index in [1.54, 1.807) is 10.8 Å². The number of benzene rings is 1. The molecule has 1 aliphatic carbocycles. The largest absolute Gasteiger partial charge is 0.385 e. The molecule has 2 N–H and O–H groups in total. The number of nitrogens with zero attached hydrogens (tertiary/aromatic N) is 5. The molecule has 0 bridgehead atoms. The average Bonchev–Trinajstić information content (AvgIpc) is 3.39. The number of aromatic nitrogens is 5. The van der Waals surface area contributed by atoms with E-state index in [9.17, 15) is 0 Å². The monoisotopic (exact) mass is 371 g/mol. The van der Waals surface area contributed by atoms with Gasteiger partial charge in [-0.2, -0.15) is 5.26 Å². The number of H-pyrrole nitrogens is 1. The molecule has 140 valence electrons. The number of hydrogen-bond donors (Lipinski definition) is 2. The lowest BCUT2D eigenvalue weighted by molar-refractivity contribution is 0.336. The van der Waals surface area contributed by atoms with Gasteiger partial charge in [0, 0.05) is 29.7 Å². The molecule has 1 aliphatic rings. The molecule has 3 heterocycles. The molecule has 7 nitrogen and oxygen atoms in total. The Hall–Kier alpha value is -3.40. The van der Waals surface area contributed by atoms with Crippen molar-refractivity contribution in [3.05, 3.63) is 54.1 Å². The second-order valence-corrected chi connectivity index (χ2v) is 7.54. The number of aromatic amines is 1. The highest BCUT2D eigenvalue weighted by atomic mass is 15.4. The summed E-state index contributed by atoms with van der Waals surface area (Å²) in [4.78, 5) is 7.55. The van der Waals surface area contributed by atoms with E-state index in [4.69, 9.17) is 5.26 Å².